The van der Waals surface area contributed by atoms with Crippen molar-refractivity contribution in [1.82, 2.24) is 0 Å². The van der Waals surface area contributed by atoms with Crippen molar-refractivity contribution in [3.05, 3.63) is 53.8 Å². The summed E-state index contributed by atoms with van der Waals surface area (Å²) in [6.07, 6.45) is 0.799. The van der Waals surface area contributed by atoms with Gasteiger partial charge in [-0.25, -0.2) is 4.39 Å². The van der Waals surface area contributed by atoms with Gasteiger partial charge in [-0.05, 0) is 24.6 Å². The third-order valence-electron chi connectivity index (χ3n) is 3.45. The average molecular weight is 273 g/mol. The van der Waals surface area contributed by atoms with E-state index in [1.165, 1.54) is 6.07 Å². The lowest BCUT2D eigenvalue weighted by molar-refractivity contribution is 0.281. The molecule has 0 amide bonds. The van der Waals surface area contributed by atoms with Crippen molar-refractivity contribution in [2.45, 2.75) is 13.0 Å². The van der Waals surface area contributed by atoms with Crippen LogP contribution in [0, 0.1) is 5.82 Å². The Kier molecular flexibility index (Phi) is 3.56. The van der Waals surface area contributed by atoms with Gasteiger partial charge < -0.3 is 14.7 Å². The number of ether oxygens (including phenoxy) is 1. The number of nitrogens with zero attached hydrogens (tertiary/aromatic N) is 1. The number of hydrogen-bond acceptors (Lipinski definition) is 3. The maximum Gasteiger partial charge on any atom is 0.147 e. The molecule has 104 valence electrons. The van der Waals surface area contributed by atoms with E-state index < -0.39 is 0 Å². The molecule has 0 aliphatic carbocycles. The molecule has 0 aromatic heterocycles. The number of aliphatic hydroxyl groups excluding tert-OH is 1. The van der Waals surface area contributed by atoms with E-state index in [1.54, 1.807) is 12.1 Å². The van der Waals surface area contributed by atoms with Crippen molar-refractivity contribution in [2.24, 2.45) is 0 Å². The van der Waals surface area contributed by atoms with Crippen molar-refractivity contribution < 1.29 is 14.2 Å². The Hall–Kier alpha value is -2.07. The molecular formula is C16H16FNO2. The Morgan fingerprint density at radius 1 is 1.15 bits per heavy atom. The second kappa shape index (κ2) is 5.51. The minimum absolute atomic E-state index is 0.188. The van der Waals surface area contributed by atoms with Gasteiger partial charge in [-0.15, -0.1) is 0 Å². The van der Waals surface area contributed by atoms with Crippen molar-refractivity contribution in [3.8, 4) is 5.75 Å². The predicted octanol–water partition coefficient (Wildman–Crippen LogP) is 3.24. The monoisotopic (exact) mass is 273 g/mol. The van der Waals surface area contributed by atoms with E-state index in [-0.39, 0.29) is 12.4 Å². The third-order valence-corrected chi connectivity index (χ3v) is 3.45. The molecule has 0 bridgehead atoms. The topological polar surface area (TPSA) is 32.7 Å². The van der Waals surface area contributed by atoms with Crippen LogP contribution in [0.2, 0.25) is 0 Å². The van der Waals surface area contributed by atoms with E-state index in [0.717, 1.165) is 17.9 Å². The maximum absolute atomic E-state index is 14.3. The van der Waals surface area contributed by atoms with Gasteiger partial charge in [-0.2, -0.15) is 0 Å². The first-order valence-electron chi connectivity index (χ1n) is 6.69. The quantitative estimate of drug-likeness (QED) is 0.911. The van der Waals surface area contributed by atoms with Gasteiger partial charge in [0.15, 0.2) is 0 Å². The zero-order valence-electron chi connectivity index (χ0n) is 11.1. The third kappa shape index (κ3) is 2.23. The minimum Gasteiger partial charge on any atom is -0.491 e. The number of rotatable bonds is 2. The van der Waals surface area contributed by atoms with Gasteiger partial charge >= 0.3 is 0 Å². The number of para-hydroxylation sites is 3. The number of aliphatic hydroxyl groups is 1. The van der Waals surface area contributed by atoms with Crippen molar-refractivity contribution in [1.29, 1.82) is 0 Å². The maximum atomic E-state index is 14.3. The number of hydrogen-bond donors (Lipinski definition) is 1. The fourth-order valence-corrected chi connectivity index (χ4v) is 2.55. The molecule has 1 aliphatic heterocycles. The van der Waals surface area contributed by atoms with Crippen LogP contribution in [-0.2, 0) is 6.61 Å². The summed E-state index contributed by atoms with van der Waals surface area (Å²) >= 11 is 0. The average Bonchev–Trinajstić information content (AvgIpc) is 2.69. The summed E-state index contributed by atoms with van der Waals surface area (Å²) < 4.78 is 19.9. The molecule has 4 heteroatoms. The van der Waals surface area contributed by atoms with Crippen LogP contribution in [0.15, 0.2) is 42.5 Å². The highest BCUT2D eigenvalue weighted by Crippen LogP contribution is 2.38. The van der Waals surface area contributed by atoms with E-state index in [9.17, 15) is 9.50 Å². The molecule has 1 N–H and O–H groups in total. The molecule has 0 radical (unpaired) electrons. The van der Waals surface area contributed by atoms with Crippen LogP contribution in [0.25, 0.3) is 0 Å². The van der Waals surface area contributed by atoms with E-state index in [1.807, 2.05) is 29.2 Å². The van der Waals surface area contributed by atoms with Gasteiger partial charge in [-0.3, -0.25) is 0 Å². The zero-order chi connectivity index (χ0) is 13.9. The van der Waals surface area contributed by atoms with Crippen molar-refractivity contribution in [3.63, 3.8) is 0 Å². The summed E-state index contributed by atoms with van der Waals surface area (Å²) in [6.45, 7) is 1.08. The highest BCUT2D eigenvalue weighted by molar-refractivity contribution is 5.72. The van der Waals surface area contributed by atoms with Crippen LogP contribution in [-0.4, -0.2) is 18.3 Å². The standard InChI is InChI=1S/C16H16FNO2/c17-13-6-3-5-12(11-19)16(13)18-9-4-10-20-15-8-2-1-7-14(15)18/h1-3,5-8,19H,4,9-11H2. The molecule has 0 unspecified atom stereocenters. The Morgan fingerprint density at radius 2 is 2.00 bits per heavy atom. The molecule has 3 nitrogen and oxygen atoms in total. The Balaban J connectivity index is 2.15. The van der Waals surface area contributed by atoms with E-state index in [4.69, 9.17) is 4.74 Å². The molecule has 0 fully saturated rings. The van der Waals surface area contributed by atoms with E-state index in [0.29, 0.717) is 24.4 Å². The zero-order valence-corrected chi connectivity index (χ0v) is 11.1. The largest absolute Gasteiger partial charge is 0.491 e. The van der Waals surface area contributed by atoms with Crippen LogP contribution in [0.3, 0.4) is 0 Å². The van der Waals surface area contributed by atoms with Crippen molar-refractivity contribution >= 4 is 11.4 Å². The highest BCUT2D eigenvalue weighted by atomic mass is 19.1. The fourth-order valence-electron chi connectivity index (χ4n) is 2.55. The van der Waals surface area contributed by atoms with E-state index >= 15 is 0 Å². The van der Waals surface area contributed by atoms with Gasteiger partial charge in [0.05, 0.1) is 24.6 Å². The number of halogens is 1. The molecule has 2 aromatic carbocycles. The molecule has 0 saturated heterocycles. The fraction of sp³-hybridized carbons (Fsp3) is 0.250. The Morgan fingerprint density at radius 3 is 2.85 bits per heavy atom. The molecule has 1 heterocycles. The lowest BCUT2D eigenvalue weighted by atomic mass is 10.1. The van der Waals surface area contributed by atoms with E-state index in [2.05, 4.69) is 0 Å². The van der Waals surface area contributed by atoms with Crippen LogP contribution < -0.4 is 9.64 Å². The minimum atomic E-state index is -0.326. The van der Waals surface area contributed by atoms with Gasteiger partial charge in [-0.1, -0.05) is 24.3 Å². The Bertz CT molecular complexity index is 615. The SMILES string of the molecule is OCc1cccc(F)c1N1CCCOc2ccccc21. The van der Waals surface area contributed by atoms with Gasteiger partial charge in [0.2, 0.25) is 0 Å². The second-order valence-electron chi connectivity index (χ2n) is 4.73. The summed E-state index contributed by atoms with van der Waals surface area (Å²) in [6, 6.07) is 12.4. The van der Waals surface area contributed by atoms with Gasteiger partial charge in [0, 0.05) is 12.1 Å². The molecule has 1 aliphatic rings. The molecule has 0 spiro atoms. The van der Waals surface area contributed by atoms with Crippen LogP contribution in [0.4, 0.5) is 15.8 Å². The first-order valence-corrected chi connectivity index (χ1v) is 6.69. The molecule has 2 aromatic rings. The predicted molar refractivity (Wildman–Crippen MR) is 75.9 cm³/mol. The second-order valence-corrected chi connectivity index (χ2v) is 4.73. The summed E-state index contributed by atoms with van der Waals surface area (Å²) in [5.41, 5.74) is 1.86. The highest BCUT2D eigenvalue weighted by Gasteiger charge is 2.22. The van der Waals surface area contributed by atoms with Crippen LogP contribution >= 0.6 is 0 Å². The lowest BCUT2D eigenvalue weighted by Crippen LogP contribution is -2.20. The smallest absolute Gasteiger partial charge is 0.147 e. The summed E-state index contributed by atoms with van der Waals surface area (Å²) in [5, 5.41) is 9.47. The normalized spacial score (nSPS) is 14.4. The molecule has 0 atom stereocenters. The molecule has 20 heavy (non-hydrogen) atoms. The summed E-state index contributed by atoms with van der Waals surface area (Å²) in [7, 11) is 0. The summed E-state index contributed by atoms with van der Waals surface area (Å²) in [4.78, 5) is 1.89. The summed E-state index contributed by atoms with van der Waals surface area (Å²) in [5.74, 6) is 0.422. The van der Waals surface area contributed by atoms with Crippen molar-refractivity contribution in [2.75, 3.05) is 18.1 Å². The first kappa shape index (κ1) is 12.9. The van der Waals surface area contributed by atoms with Crippen LogP contribution in [0.1, 0.15) is 12.0 Å². The first-order chi connectivity index (χ1) is 9.81. The lowest BCUT2D eigenvalue weighted by Gasteiger charge is -2.26. The molecular weight excluding hydrogens is 257 g/mol. The number of benzene rings is 2. The number of fused-ring (bicyclic) bond motifs is 1. The van der Waals surface area contributed by atoms with Gasteiger partial charge in [0.25, 0.3) is 0 Å². The molecule has 3 rings (SSSR count). The Labute approximate surface area is 117 Å². The molecule has 0 saturated carbocycles. The van der Waals surface area contributed by atoms with Crippen LogP contribution in [0.5, 0.6) is 5.75 Å². The number of anilines is 2. The van der Waals surface area contributed by atoms with Gasteiger partial charge in [0.1, 0.15) is 11.6 Å².